The van der Waals surface area contributed by atoms with Crippen molar-refractivity contribution in [3.8, 4) is 0 Å². The zero-order valence-corrected chi connectivity index (χ0v) is 34.6. The number of carbonyl (C=O) groups is 2. The first-order valence-corrected chi connectivity index (χ1v) is 22.9. The Balaban J connectivity index is 4.33. The van der Waals surface area contributed by atoms with Crippen LogP contribution >= 0.6 is 7.60 Å². The second-order valence-corrected chi connectivity index (χ2v) is 17.7. The van der Waals surface area contributed by atoms with Crippen molar-refractivity contribution >= 4 is 19.5 Å². The Labute approximate surface area is 309 Å². The van der Waals surface area contributed by atoms with Crippen molar-refractivity contribution in [3.05, 3.63) is 0 Å². The molecule has 1 atom stereocenters. The van der Waals surface area contributed by atoms with E-state index in [0.29, 0.717) is 23.7 Å². The number of carbonyl (C=O) groups excluding carboxylic acids is 2. The van der Waals surface area contributed by atoms with Crippen molar-refractivity contribution in [1.29, 1.82) is 0 Å². The molecule has 50 heavy (non-hydrogen) atoms. The summed E-state index contributed by atoms with van der Waals surface area (Å²) in [6.07, 6.45) is 32.3. The first-order chi connectivity index (χ1) is 24.0. The number of esters is 2. The quantitative estimate of drug-likeness (QED) is 0.0292. The normalized spacial score (nSPS) is 13.1. The third-order valence-corrected chi connectivity index (χ3v) is 10.9. The van der Waals surface area contributed by atoms with E-state index in [4.69, 9.17) is 14.0 Å². The van der Waals surface area contributed by atoms with Gasteiger partial charge in [0.25, 0.3) is 0 Å². The van der Waals surface area contributed by atoms with Gasteiger partial charge < -0.3 is 18.9 Å². The van der Waals surface area contributed by atoms with E-state index in [0.717, 1.165) is 45.1 Å². The molecule has 0 rings (SSSR count). The Kier molecular flexibility index (Phi) is 33.2. The second-order valence-electron chi connectivity index (χ2n) is 15.8. The lowest BCUT2D eigenvalue weighted by Gasteiger charge is -2.25. The zero-order valence-electron chi connectivity index (χ0n) is 33.7. The maximum absolute atomic E-state index is 12.9. The highest BCUT2D eigenvalue weighted by molar-refractivity contribution is 7.52. The molecule has 0 amide bonds. The Hall–Kier alpha value is -0.950. The van der Waals surface area contributed by atoms with Gasteiger partial charge >= 0.3 is 19.5 Å². The van der Waals surface area contributed by atoms with Gasteiger partial charge in [-0.25, -0.2) is 0 Å². The van der Waals surface area contributed by atoms with Gasteiger partial charge in [-0.1, -0.05) is 168 Å². The predicted molar refractivity (Wildman–Crippen MR) is 210 cm³/mol. The monoisotopic (exact) mass is 733 g/mol. The molecule has 0 saturated carbocycles. The standard InChI is InChI=1S/C41H82NO7P/c1-6-8-10-12-14-16-18-20-22-24-26-28-30-33-40(43)47-37-39(49-50(45,46)36-32-35-42(3,4)5)38-48-41(44)34-31-29-27-25-23-21-19-17-15-13-11-9-7-2/h39H,6-38H2,1-5H3/p+1. The molecule has 0 radical (unpaired) electrons. The number of unbranched alkanes of at least 4 members (excludes halogenated alkanes) is 24. The van der Waals surface area contributed by atoms with Crippen LogP contribution in [0.15, 0.2) is 0 Å². The van der Waals surface area contributed by atoms with Crippen LogP contribution in [0.3, 0.4) is 0 Å². The average molecular weight is 733 g/mol. The molecule has 0 bridgehead atoms. The van der Waals surface area contributed by atoms with E-state index >= 15 is 0 Å². The average Bonchev–Trinajstić information content (AvgIpc) is 3.05. The fourth-order valence-corrected chi connectivity index (χ4v) is 7.46. The SMILES string of the molecule is CCCCCCCCCCCCCCCC(=O)OCC(COC(=O)CCCCCCCCCCCCCCC)OP(=O)(O)CCC[N+](C)(C)C. The fourth-order valence-electron chi connectivity index (χ4n) is 6.23. The Morgan fingerprint density at radius 2 is 0.820 bits per heavy atom. The fraction of sp³-hybridized carbons (Fsp3) is 0.951. The van der Waals surface area contributed by atoms with E-state index in [2.05, 4.69) is 13.8 Å². The number of quaternary nitrogens is 1. The van der Waals surface area contributed by atoms with Crippen molar-refractivity contribution in [2.24, 2.45) is 0 Å². The highest BCUT2D eigenvalue weighted by Crippen LogP contribution is 2.44. The molecule has 9 heteroatoms. The molecule has 1 unspecified atom stereocenters. The first kappa shape index (κ1) is 49.0. The highest BCUT2D eigenvalue weighted by Gasteiger charge is 2.28. The van der Waals surface area contributed by atoms with Gasteiger partial charge in [0.1, 0.15) is 19.3 Å². The molecule has 0 spiro atoms. The van der Waals surface area contributed by atoms with Gasteiger partial charge in [-0.15, -0.1) is 0 Å². The molecule has 0 aliphatic heterocycles. The lowest BCUT2D eigenvalue weighted by atomic mass is 10.0. The van der Waals surface area contributed by atoms with Crippen molar-refractivity contribution in [2.45, 2.75) is 206 Å². The van der Waals surface area contributed by atoms with E-state index in [1.165, 1.54) is 128 Å². The molecular weight excluding hydrogens is 649 g/mol. The van der Waals surface area contributed by atoms with E-state index < -0.39 is 13.7 Å². The zero-order chi connectivity index (χ0) is 37.2. The van der Waals surface area contributed by atoms with Crippen molar-refractivity contribution in [3.63, 3.8) is 0 Å². The molecule has 8 nitrogen and oxygen atoms in total. The van der Waals surface area contributed by atoms with Crippen LogP contribution in [-0.4, -0.2) is 74.5 Å². The molecule has 0 aliphatic rings. The van der Waals surface area contributed by atoms with Crippen molar-refractivity contribution in [2.75, 3.05) is 47.1 Å². The van der Waals surface area contributed by atoms with Crippen LogP contribution in [0.5, 0.6) is 0 Å². The Bertz CT molecular complexity index is 786. The molecule has 0 heterocycles. The van der Waals surface area contributed by atoms with Crippen LogP contribution in [0.2, 0.25) is 0 Å². The third kappa shape index (κ3) is 36.8. The largest absolute Gasteiger partial charge is 0.463 e. The van der Waals surface area contributed by atoms with Gasteiger partial charge in [0.15, 0.2) is 0 Å². The molecule has 0 aromatic carbocycles. The molecule has 0 aromatic rings. The number of hydrogen-bond acceptors (Lipinski definition) is 6. The van der Waals surface area contributed by atoms with Crippen LogP contribution in [0.25, 0.3) is 0 Å². The summed E-state index contributed by atoms with van der Waals surface area (Å²) in [5.41, 5.74) is 0. The predicted octanol–water partition coefficient (Wildman–Crippen LogP) is 11.7. The van der Waals surface area contributed by atoms with Crippen LogP contribution in [0.1, 0.15) is 200 Å². The van der Waals surface area contributed by atoms with Gasteiger partial charge in [0.2, 0.25) is 0 Å². The van der Waals surface area contributed by atoms with Crippen LogP contribution < -0.4 is 0 Å². The summed E-state index contributed by atoms with van der Waals surface area (Å²) in [6.45, 7) is 4.82. The topological polar surface area (TPSA) is 99.1 Å². The summed E-state index contributed by atoms with van der Waals surface area (Å²) in [6, 6.07) is 0. The highest BCUT2D eigenvalue weighted by atomic mass is 31.2. The minimum Gasteiger partial charge on any atom is -0.463 e. The molecule has 0 aliphatic carbocycles. The summed E-state index contributed by atoms with van der Waals surface area (Å²) in [5, 5.41) is 0. The summed E-state index contributed by atoms with van der Waals surface area (Å²) in [7, 11) is 2.13. The summed E-state index contributed by atoms with van der Waals surface area (Å²) >= 11 is 0. The molecule has 0 saturated heterocycles. The molecule has 1 N–H and O–H groups in total. The molecular formula is C41H83NO7P+. The van der Waals surface area contributed by atoms with E-state index in [9.17, 15) is 19.0 Å². The molecule has 0 fully saturated rings. The maximum Gasteiger partial charge on any atom is 0.328 e. The van der Waals surface area contributed by atoms with Gasteiger partial charge in [0.05, 0.1) is 33.8 Å². The molecule has 298 valence electrons. The summed E-state index contributed by atoms with van der Waals surface area (Å²) in [4.78, 5) is 35.5. The van der Waals surface area contributed by atoms with Gasteiger partial charge in [-0.3, -0.25) is 18.7 Å². The molecule has 0 aromatic heterocycles. The maximum atomic E-state index is 12.9. The van der Waals surface area contributed by atoms with Crippen LogP contribution in [-0.2, 0) is 28.2 Å². The van der Waals surface area contributed by atoms with E-state index in [1.807, 2.05) is 21.1 Å². The Morgan fingerprint density at radius 3 is 1.12 bits per heavy atom. The third-order valence-electron chi connectivity index (χ3n) is 9.41. The first-order valence-electron chi connectivity index (χ1n) is 21.1. The van der Waals surface area contributed by atoms with E-state index in [1.54, 1.807) is 0 Å². The summed E-state index contributed by atoms with van der Waals surface area (Å²) in [5.74, 6) is -0.699. The minimum absolute atomic E-state index is 0.00116. The van der Waals surface area contributed by atoms with Gasteiger partial charge in [-0.2, -0.15) is 0 Å². The smallest absolute Gasteiger partial charge is 0.328 e. The minimum atomic E-state index is -3.95. The number of hydrogen-bond donors (Lipinski definition) is 1. The van der Waals surface area contributed by atoms with Crippen molar-refractivity contribution in [1.82, 2.24) is 0 Å². The number of ether oxygens (including phenoxy) is 2. The Morgan fingerprint density at radius 1 is 0.520 bits per heavy atom. The second kappa shape index (κ2) is 33.9. The lowest BCUT2D eigenvalue weighted by Crippen LogP contribution is -2.35. The van der Waals surface area contributed by atoms with Gasteiger partial charge in [0, 0.05) is 19.3 Å². The van der Waals surface area contributed by atoms with E-state index in [-0.39, 0.29) is 31.3 Å². The number of nitrogens with zero attached hydrogens (tertiary/aromatic N) is 1. The van der Waals surface area contributed by atoms with Crippen LogP contribution in [0, 0.1) is 0 Å². The van der Waals surface area contributed by atoms with Crippen molar-refractivity contribution < 1.29 is 37.5 Å². The van der Waals surface area contributed by atoms with Gasteiger partial charge in [-0.05, 0) is 12.8 Å². The van der Waals surface area contributed by atoms with Crippen LogP contribution in [0.4, 0.5) is 0 Å². The summed E-state index contributed by atoms with van der Waals surface area (Å²) < 4.78 is 30.0. The lowest BCUT2D eigenvalue weighted by molar-refractivity contribution is -0.870. The number of rotatable bonds is 38.